The molecule has 0 saturated heterocycles. The largest absolute Gasteiger partial charge is 0.411 e. The van der Waals surface area contributed by atoms with Gasteiger partial charge in [0, 0.05) is 23.4 Å². The summed E-state index contributed by atoms with van der Waals surface area (Å²) in [6.45, 7) is 0. The van der Waals surface area contributed by atoms with Crippen LogP contribution in [-0.4, -0.2) is 30.5 Å². The number of oxime groups is 1. The molecular weight excluding hydrogens is 469 g/mol. The van der Waals surface area contributed by atoms with Crippen molar-refractivity contribution < 1.29 is 31.6 Å². The molecule has 2 saturated carbocycles. The van der Waals surface area contributed by atoms with E-state index in [-0.39, 0.29) is 33.0 Å². The van der Waals surface area contributed by atoms with E-state index in [0.717, 1.165) is 6.07 Å². The first-order valence-corrected chi connectivity index (χ1v) is 11.7. The van der Waals surface area contributed by atoms with Crippen LogP contribution >= 0.6 is 11.6 Å². The van der Waals surface area contributed by atoms with Crippen LogP contribution < -0.4 is 5.32 Å². The molecule has 2 aromatic rings. The molecule has 2 N–H and O–H groups in total. The predicted octanol–water partition coefficient (Wildman–Crippen LogP) is 4.80. The molecule has 2 aliphatic rings. The number of sulfone groups is 1. The van der Waals surface area contributed by atoms with Gasteiger partial charge in [0.25, 0.3) is 5.91 Å². The van der Waals surface area contributed by atoms with Crippen LogP contribution in [0.5, 0.6) is 0 Å². The molecule has 170 valence electrons. The number of nitrogens with one attached hydrogen (secondary N) is 1. The first-order chi connectivity index (χ1) is 15.1. The van der Waals surface area contributed by atoms with Crippen molar-refractivity contribution in [1.29, 1.82) is 0 Å². The summed E-state index contributed by atoms with van der Waals surface area (Å²) in [5.41, 5.74) is 0.146. The number of amides is 1. The maximum absolute atomic E-state index is 13.5. The molecule has 3 atom stereocenters. The number of benzene rings is 2. The van der Waals surface area contributed by atoms with Gasteiger partial charge in [-0.05, 0) is 55.7 Å². The smallest absolute Gasteiger partial charge is 0.255 e. The van der Waals surface area contributed by atoms with E-state index in [1.165, 1.54) is 12.1 Å². The Morgan fingerprint density at radius 2 is 1.66 bits per heavy atom. The highest BCUT2D eigenvalue weighted by Gasteiger charge is 2.49. The minimum Gasteiger partial charge on any atom is -0.411 e. The topological polar surface area (TPSA) is 95.8 Å². The Hall–Kier alpha value is -2.59. The van der Waals surface area contributed by atoms with Crippen molar-refractivity contribution in [3.8, 4) is 0 Å². The molecule has 11 heteroatoms. The summed E-state index contributed by atoms with van der Waals surface area (Å²) in [6.07, 6.45) is 2.09. The van der Waals surface area contributed by atoms with E-state index >= 15 is 0 Å². The van der Waals surface area contributed by atoms with Gasteiger partial charge in [0.2, 0.25) is 0 Å². The zero-order chi connectivity index (χ0) is 23.2. The van der Waals surface area contributed by atoms with Crippen LogP contribution in [0.1, 0.15) is 36.0 Å². The molecule has 0 aliphatic heterocycles. The van der Waals surface area contributed by atoms with Gasteiger partial charge >= 0.3 is 0 Å². The average Bonchev–Trinajstić information content (AvgIpc) is 3.03. The number of hydrogen-bond acceptors (Lipinski definition) is 5. The van der Waals surface area contributed by atoms with Gasteiger partial charge in [-0.2, -0.15) is 0 Å². The quantitative estimate of drug-likeness (QED) is 0.368. The van der Waals surface area contributed by atoms with Gasteiger partial charge < -0.3 is 10.5 Å². The highest BCUT2D eigenvalue weighted by atomic mass is 35.5. The van der Waals surface area contributed by atoms with E-state index < -0.39 is 38.4 Å². The number of halogens is 4. The van der Waals surface area contributed by atoms with Crippen molar-refractivity contribution in [3.05, 3.63) is 58.4 Å². The van der Waals surface area contributed by atoms with Crippen molar-refractivity contribution in [2.45, 2.75) is 35.8 Å². The van der Waals surface area contributed by atoms with Crippen LogP contribution in [0.25, 0.3) is 0 Å². The summed E-state index contributed by atoms with van der Waals surface area (Å²) in [4.78, 5) is 12.4. The number of carbonyl (C=O) groups excluding carboxylic acids is 1. The number of anilines is 1. The zero-order valence-electron chi connectivity index (χ0n) is 16.5. The number of nitrogens with zero attached hydrogens (tertiary/aromatic N) is 1. The van der Waals surface area contributed by atoms with Gasteiger partial charge in [-0.25, -0.2) is 21.6 Å². The van der Waals surface area contributed by atoms with Crippen molar-refractivity contribution in [2.24, 2.45) is 17.0 Å². The van der Waals surface area contributed by atoms with Crippen LogP contribution in [0.15, 0.2) is 40.4 Å². The normalized spacial score (nSPS) is 24.0. The molecular formula is C21H18ClF3N2O4S. The Bertz CT molecular complexity index is 1200. The minimum absolute atomic E-state index is 0.0542. The lowest BCUT2D eigenvalue weighted by molar-refractivity contribution is 0.102. The fraction of sp³-hybridized carbons (Fsp3) is 0.333. The third-order valence-electron chi connectivity index (χ3n) is 6.07. The third-order valence-corrected chi connectivity index (χ3v) is 8.95. The van der Waals surface area contributed by atoms with Gasteiger partial charge in [-0.15, -0.1) is 0 Å². The number of rotatable bonds is 4. The number of hydrogen-bond donors (Lipinski definition) is 2. The summed E-state index contributed by atoms with van der Waals surface area (Å²) < 4.78 is 66.9. The molecule has 2 fully saturated rings. The van der Waals surface area contributed by atoms with Crippen LogP contribution in [0.4, 0.5) is 18.9 Å². The van der Waals surface area contributed by atoms with Crippen LogP contribution in [-0.2, 0) is 9.84 Å². The molecule has 6 nitrogen and oxygen atoms in total. The summed E-state index contributed by atoms with van der Waals surface area (Å²) in [5, 5.41) is 13.8. The Labute approximate surface area is 187 Å². The lowest BCUT2D eigenvalue weighted by Gasteiger charge is -2.30. The highest BCUT2D eigenvalue weighted by Crippen LogP contribution is 2.47. The van der Waals surface area contributed by atoms with Crippen molar-refractivity contribution in [1.82, 2.24) is 0 Å². The second-order valence-electron chi connectivity index (χ2n) is 8.03. The lowest BCUT2D eigenvalue weighted by atomic mass is 9.87. The molecule has 2 aliphatic carbocycles. The summed E-state index contributed by atoms with van der Waals surface area (Å²) in [6, 6.07) is 4.89. The molecule has 2 bridgehead atoms. The SMILES string of the molecule is O=C(Nc1cc(F)c(F)c(F)c1)c1ccc(Cl)c(S(=O)(=O)C2C3CC[C@H]2C/C(=N\O)C3)c1. The van der Waals surface area contributed by atoms with E-state index in [0.29, 0.717) is 43.5 Å². The monoisotopic (exact) mass is 486 g/mol. The van der Waals surface area contributed by atoms with E-state index in [4.69, 9.17) is 16.8 Å². The van der Waals surface area contributed by atoms with Crippen molar-refractivity contribution in [2.75, 3.05) is 5.32 Å². The average molecular weight is 487 g/mol. The second-order valence-corrected chi connectivity index (χ2v) is 10.5. The fourth-order valence-electron chi connectivity index (χ4n) is 4.70. The molecule has 0 radical (unpaired) electrons. The lowest BCUT2D eigenvalue weighted by Crippen LogP contribution is -2.37. The number of carbonyl (C=O) groups is 1. The van der Waals surface area contributed by atoms with Gasteiger partial charge in [0.15, 0.2) is 27.3 Å². The molecule has 0 aromatic heterocycles. The molecule has 0 heterocycles. The number of fused-ring (bicyclic) bond motifs is 2. The summed E-state index contributed by atoms with van der Waals surface area (Å²) in [5.74, 6) is -5.90. The molecule has 2 aromatic carbocycles. The molecule has 4 rings (SSSR count). The second kappa shape index (κ2) is 8.40. The van der Waals surface area contributed by atoms with E-state index in [1.807, 2.05) is 0 Å². The van der Waals surface area contributed by atoms with Crippen molar-refractivity contribution in [3.63, 3.8) is 0 Å². The first kappa shape index (κ1) is 22.6. The van der Waals surface area contributed by atoms with Gasteiger partial charge in [0.1, 0.15) is 0 Å². The minimum atomic E-state index is -3.93. The molecule has 32 heavy (non-hydrogen) atoms. The predicted molar refractivity (Wildman–Crippen MR) is 111 cm³/mol. The van der Waals surface area contributed by atoms with Gasteiger partial charge in [-0.3, -0.25) is 4.79 Å². The Balaban J connectivity index is 1.64. The fourth-order valence-corrected chi connectivity index (χ4v) is 7.54. The highest BCUT2D eigenvalue weighted by molar-refractivity contribution is 7.92. The Morgan fingerprint density at radius 1 is 1.06 bits per heavy atom. The van der Waals surface area contributed by atoms with E-state index in [1.54, 1.807) is 0 Å². The third kappa shape index (κ3) is 3.97. The standard InChI is InChI=1S/C21H18ClF3N2O4S/c22-15-4-3-12(21(28)26-13-8-16(23)19(25)17(24)9-13)7-18(15)32(30,31)20-10-1-2-11(20)6-14(5-10)27-29/h3-4,7-11,20,29H,1-2,5-6H2,(H,26,28)/b27-14-/t10?,11-,20?/m0/s1. The van der Waals surface area contributed by atoms with E-state index in [2.05, 4.69) is 10.5 Å². The maximum Gasteiger partial charge on any atom is 0.255 e. The van der Waals surface area contributed by atoms with Crippen LogP contribution in [0.3, 0.4) is 0 Å². The Kier molecular flexibility index (Phi) is 5.93. The molecule has 0 spiro atoms. The van der Waals surface area contributed by atoms with E-state index in [9.17, 15) is 26.4 Å². The van der Waals surface area contributed by atoms with Gasteiger partial charge in [0.05, 0.1) is 20.9 Å². The molecule has 2 unspecified atom stereocenters. The summed E-state index contributed by atoms with van der Waals surface area (Å²) in [7, 11) is -3.93. The van der Waals surface area contributed by atoms with Crippen LogP contribution in [0, 0.1) is 29.3 Å². The first-order valence-electron chi connectivity index (χ1n) is 9.81. The summed E-state index contributed by atoms with van der Waals surface area (Å²) >= 11 is 6.18. The van der Waals surface area contributed by atoms with Crippen LogP contribution in [0.2, 0.25) is 5.02 Å². The van der Waals surface area contributed by atoms with Crippen molar-refractivity contribution >= 4 is 38.7 Å². The zero-order valence-corrected chi connectivity index (χ0v) is 18.1. The maximum atomic E-state index is 13.5. The molecule has 1 amide bonds. The Morgan fingerprint density at radius 3 is 2.22 bits per heavy atom. The van der Waals surface area contributed by atoms with Gasteiger partial charge in [-0.1, -0.05) is 16.8 Å².